The molecule has 0 aliphatic heterocycles. The van der Waals surface area contributed by atoms with Gasteiger partial charge in [-0.15, -0.1) is 0 Å². The lowest BCUT2D eigenvalue weighted by atomic mass is 10.1. The van der Waals surface area contributed by atoms with E-state index in [0.717, 1.165) is 11.9 Å². The van der Waals surface area contributed by atoms with E-state index in [-0.39, 0.29) is 18.1 Å². The largest absolute Gasteiger partial charge is 0.465 e. The monoisotopic (exact) mass is 369 g/mol. The van der Waals surface area contributed by atoms with Crippen LogP contribution in [-0.4, -0.2) is 28.5 Å². The summed E-state index contributed by atoms with van der Waals surface area (Å²) in [6.45, 7) is 2.65. The van der Waals surface area contributed by atoms with Crippen LogP contribution in [0.15, 0.2) is 42.5 Å². The topological polar surface area (TPSA) is 73.2 Å². The molecule has 2 aromatic carbocycles. The molecule has 27 heavy (non-hydrogen) atoms. The van der Waals surface area contributed by atoms with Gasteiger partial charge in [-0.1, -0.05) is 19.1 Å². The highest BCUT2D eigenvalue weighted by atomic mass is 19.1. The zero-order valence-corrected chi connectivity index (χ0v) is 15.2. The molecule has 140 valence electrons. The molecule has 3 aromatic rings. The Labute approximate surface area is 156 Å². The number of nitrogens with one attached hydrogen (secondary N) is 1. The Morgan fingerprint density at radius 2 is 1.93 bits per heavy atom. The number of aromatic nitrogens is 2. The third-order valence-electron chi connectivity index (χ3n) is 4.15. The third kappa shape index (κ3) is 4.13. The molecule has 0 radical (unpaired) electrons. The Kier molecular flexibility index (Phi) is 5.49. The minimum Gasteiger partial charge on any atom is -0.465 e. The van der Waals surface area contributed by atoms with Crippen LogP contribution in [0.3, 0.4) is 0 Å². The number of halogens is 1. The van der Waals surface area contributed by atoms with Crippen molar-refractivity contribution in [3.63, 3.8) is 0 Å². The van der Waals surface area contributed by atoms with E-state index >= 15 is 0 Å². The van der Waals surface area contributed by atoms with Crippen LogP contribution in [-0.2, 0) is 22.5 Å². The second kappa shape index (κ2) is 7.99. The van der Waals surface area contributed by atoms with Gasteiger partial charge in [-0.25, -0.2) is 14.2 Å². The van der Waals surface area contributed by atoms with Crippen molar-refractivity contribution >= 4 is 28.9 Å². The van der Waals surface area contributed by atoms with E-state index in [9.17, 15) is 14.0 Å². The maximum absolute atomic E-state index is 13.0. The molecule has 1 amide bonds. The normalized spacial score (nSPS) is 10.8. The highest BCUT2D eigenvalue weighted by molar-refractivity contribution is 5.96. The Morgan fingerprint density at radius 1 is 1.19 bits per heavy atom. The summed E-state index contributed by atoms with van der Waals surface area (Å²) in [4.78, 5) is 28.7. The number of hydrogen-bond acceptors (Lipinski definition) is 4. The highest BCUT2D eigenvalue weighted by Crippen LogP contribution is 2.22. The number of imidazole rings is 1. The Hall–Kier alpha value is -3.22. The number of methoxy groups -OCH3 is 1. The molecule has 1 heterocycles. The van der Waals surface area contributed by atoms with Gasteiger partial charge in [0.25, 0.3) is 0 Å². The van der Waals surface area contributed by atoms with Crippen molar-refractivity contribution in [1.29, 1.82) is 0 Å². The van der Waals surface area contributed by atoms with Crippen LogP contribution in [0.4, 0.5) is 10.3 Å². The number of aryl methyl sites for hydroxylation is 1. The van der Waals surface area contributed by atoms with Gasteiger partial charge in [0.05, 0.1) is 30.1 Å². The second-order valence-electron chi connectivity index (χ2n) is 6.13. The lowest BCUT2D eigenvalue weighted by Gasteiger charge is -2.09. The van der Waals surface area contributed by atoms with Crippen LogP contribution in [0.25, 0.3) is 11.0 Å². The number of esters is 1. The van der Waals surface area contributed by atoms with Crippen molar-refractivity contribution in [1.82, 2.24) is 9.55 Å². The van der Waals surface area contributed by atoms with E-state index in [1.165, 1.54) is 19.2 Å². The van der Waals surface area contributed by atoms with Crippen molar-refractivity contribution in [3.8, 4) is 0 Å². The minimum atomic E-state index is -0.428. The van der Waals surface area contributed by atoms with Crippen molar-refractivity contribution in [2.45, 2.75) is 26.3 Å². The summed E-state index contributed by atoms with van der Waals surface area (Å²) in [6, 6.07) is 10.9. The number of carbonyl (C=O) groups is 2. The zero-order valence-electron chi connectivity index (χ0n) is 15.2. The van der Waals surface area contributed by atoms with E-state index in [2.05, 4.69) is 10.3 Å². The maximum Gasteiger partial charge on any atom is 0.337 e. The van der Waals surface area contributed by atoms with Crippen LogP contribution in [0.2, 0.25) is 0 Å². The van der Waals surface area contributed by atoms with Gasteiger partial charge in [0.1, 0.15) is 5.82 Å². The summed E-state index contributed by atoms with van der Waals surface area (Å²) < 4.78 is 19.6. The first-order valence-electron chi connectivity index (χ1n) is 8.64. The van der Waals surface area contributed by atoms with Gasteiger partial charge in [0.15, 0.2) is 0 Å². The molecule has 0 fully saturated rings. The fourth-order valence-electron chi connectivity index (χ4n) is 2.87. The van der Waals surface area contributed by atoms with Gasteiger partial charge >= 0.3 is 5.97 Å². The molecule has 0 bridgehead atoms. The van der Waals surface area contributed by atoms with Gasteiger partial charge in [-0.2, -0.15) is 0 Å². The first kappa shape index (κ1) is 18.6. The molecule has 0 aliphatic carbocycles. The SMILES string of the molecule is CCCn1c(NC(=O)Cc2ccc(F)cc2)nc2ccc(C(=O)OC)cc21. The van der Waals surface area contributed by atoms with E-state index in [0.29, 0.717) is 29.1 Å². The lowest BCUT2D eigenvalue weighted by molar-refractivity contribution is -0.115. The molecule has 0 saturated carbocycles. The first-order valence-corrected chi connectivity index (χ1v) is 8.64. The predicted molar refractivity (Wildman–Crippen MR) is 100 cm³/mol. The third-order valence-corrected chi connectivity index (χ3v) is 4.15. The molecule has 6 nitrogen and oxygen atoms in total. The number of rotatable bonds is 6. The average molecular weight is 369 g/mol. The fourth-order valence-corrected chi connectivity index (χ4v) is 2.87. The average Bonchev–Trinajstić information content (AvgIpc) is 2.99. The van der Waals surface area contributed by atoms with Gasteiger partial charge < -0.3 is 9.30 Å². The molecule has 1 N–H and O–H groups in total. The quantitative estimate of drug-likeness (QED) is 0.675. The first-order chi connectivity index (χ1) is 13.0. The lowest BCUT2D eigenvalue weighted by Crippen LogP contribution is -2.18. The Morgan fingerprint density at radius 3 is 2.59 bits per heavy atom. The molecule has 0 atom stereocenters. The molecule has 7 heteroatoms. The maximum atomic E-state index is 13.0. The number of hydrogen-bond donors (Lipinski definition) is 1. The number of ether oxygens (including phenoxy) is 1. The summed E-state index contributed by atoms with van der Waals surface area (Å²) in [5.74, 6) is -0.600. The van der Waals surface area contributed by atoms with E-state index in [1.807, 2.05) is 11.5 Å². The molecule has 0 aliphatic rings. The summed E-state index contributed by atoms with van der Waals surface area (Å²) in [6.07, 6.45) is 0.942. The van der Waals surface area contributed by atoms with Crippen LogP contribution < -0.4 is 5.32 Å². The fraction of sp³-hybridized carbons (Fsp3) is 0.250. The second-order valence-corrected chi connectivity index (χ2v) is 6.13. The predicted octanol–water partition coefficient (Wildman–Crippen LogP) is 3.55. The van der Waals surface area contributed by atoms with Crippen LogP contribution in [0.1, 0.15) is 29.3 Å². The summed E-state index contributed by atoms with van der Waals surface area (Å²) in [7, 11) is 1.33. The van der Waals surface area contributed by atoms with Crippen LogP contribution >= 0.6 is 0 Å². The Balaban J connectivity index is 1.88. The van der Waals surface area contributed by atoms with Crippen molar-refractivity contribution in [2.24, 2.45) is 0 Å². The van der Waals surface area contributed by atoms with Crippen molar-refractivity contribution in [2.75, 3.05) is 12.4 Å². The van der Waals surface area contributed by atoms with Crippen LogP contribution in [0.5, 0.6) is 0 Å². The molecule has 0 unspecified atom stereocenters. The van der Waals surface area contributed by atoms with E-state index in [1.54, 1.807) is 30.3 Å². The molecular weight excluding hydrogens is 349 g/mol. The smallest absolute Gasteiger partial charge is 0.337 e. The van der Waals surface area contributed by atoms with Gasteiger partial charge in [-0.05, 0) is 42.3 Å². The minimum absolute atomic E-state index is 0.114. The van der Waals surface area contributed by atoms with E-state index in [4.69, 9.17) is 4.74 Å². The number of nitrogens with zero attached hydrogens (tertiary/aromatic N) is 2. The van der Waals surface area contributed by atoms with Crippen molar-refractivity contribution in [3.05, 3.63) is 59.4 Å². The molecular formula is C20H20FN3O3. The zero-order chi connectivity index (χ0) is 19.4. The molecule has 0 saturated heterocycles. The Bertz CT molecular complexity index is 980. The van der Waals surface area contributed by atoms with E-state index < -0.39 is 5.97 Å². The standard InChI is InChI=1S/C20H20FN3O3/c1-3-10-24-17-12-14(19(26)27-2)6-9-16(17)22-20(24)23-18(25)11-13-4-7-15(21)8-5-13/h4-9,12H,3,10-11H2,1-2H3,(H,22,23,25). The van der Waals surface area contributed by atoms with Gasteiger partial charge in [0, 0.05) is 6.54 Å². The van der Waals surface area contributed by atoms with Gasteiger partial charge in [0.2, 0.25) is 11.9 Å². The molecule has 3 rings (SSSR count). The number of fused-ring (bicyclic) bond motifs is 1. The summed E-state index contributed by atoms with van der Waals surface area (Å²) >= 11 is 0. The number of amides is 1. The molecule has 0 spiro atoms. The number of anilines is 1. The van der Waals surface area contributed by atoms with Crippen molar-refractivity contribution < 1.29 is 18.7 Å². The highest BCUT2D eigenvalue weighted by Gasteiger charge is 2.15. The molecule has 1 aromatic heterocycles. The van der Waals surface area contributed by atoms with Gasteiger partial charge in [-0.3, -0.25) is 10.1 Å². The number of benzene rings is 2. The number of carbonyl (C=O) groups excluding carboxylic acids is 2. The van der Waals surface area contributed by atoms with Crippen LogP contribution in [0, 0.1) is 5.82 Å². The summed E-state index contributed by atoms with van der Waals surface area (Å²) in [5, 5.41) is 2.81. The summed E-state index contributed by atoms with van der Waals surface area (Å²) in [5.41, 5.74) is 2.55.